The molecule has 0 amide bonds. The second-order valence-corrected chi connectivity index (χ2v) is 8.09. The number of hydrogen-bond acceptors (Lipinski definition) is 2. The number of aromatic nitrogens is 3. The molecule has 1 aliphatic rings. The van der Waals surface area contributed by atoms with E-state index in [4.69, 9.17) is 0 Å². The summed E-state index contributed by atoms with van der Waals surface area (Å²) in [5.41, 5.74) is 2.85. The van der Waals surface area contributed by atoms with Gasteiger partial charge in [0.05, 0.1) is 23.3 Å². The molecule has 2 heterocycles. The molecule has 2 aromatic heterocycles. The molecule has 4 nitrogen and oxygen atoms in total. The molecule has 0 radical (unpaired) electrons. The zero-order valence-corrected chi connectivity index (χ0v) is 16.0. The predicted molar refractivity (Wildman–Crippen MR) is 108 cm³/mol. The Hall–Kier alpha value is -2.40. The van der Waals surface area contributed by atoms with E-state index in [9.17, 15) is 4.79 Å². The average Bonchev–Trinajstić information content (AvgIpc) is 3.33. The summed E-state index contributed by atoms with van der Waals surface area (Å²) < 4.78 is 4.77. The highest BCUT2D eigenvalue weighted by molar-refractivity contribution is 9.10. The minimum atomic E-state index is -0.0457. The number of pyridine rings is 1. The number of benzene rings is 2. The van der Waals surface area contributed by atoms with Crippen molar-refractivity contribution >= 4 is 37.7 Å². The van der Waals surface area contributed by atoms with Gasteiger partial charge in [0.15, 0.2) is 0 Å². The fourth-order valence-corrected chi connectivity index (χ4v) is 4.31. The van der Waals surface area contributed by atoms with Crippen molar-refractivity contribution in [3.8, 4) is 0 Å². The van der Waals surface area contributed by atoms with Crippen LogP contribution in [0, 0.1) is 0 Å². The molecule has 0 saturated heterocycles. The van der Waals surface area contributed by atoms with Crippen LogP contribution in [0.25, 0.3) is 21.8 Å². The van der Waals surface area contributed by atoms with E-state index in [1.54, 1.807) is 0 Å². The van der Waals surface area contributed by atoms with Gasteiger partial charge in [-0.15, -0.1) is 0 Å². The van der Waals surface area contributed by atoms with Gasteiger partial charge in [-0.2, -0.15) is 0 Å². The number of halogens is 1. The number of hydrogen-bond donors (Lipinski definition) is 0. The first-order valence-corrected chi connectivity index (χ1v) is 9.61. The number of imidazole rings is 1. The molecular weight excluding hydrogens is 390 g/mol. The van der Waals surface area contributed by atoms with Crippen molar-refractivity contribution in [2.75, 3.05) is 0 Å². The van der Waals surface area contributed by atoms with Gasteiger partial charge >= 0.3 is 5.69 Å². The summed E-state index contributed by atoms with van der Waals surface area (Å²) in [5.74, 6) is 0. The first kappa shape index (κ1) is 15.8. The topological polar surface area (TPSA) is 39.8 Å². The lowest BCUT2D eigenvalue weighted by Gasteiger charge is -2.10. The highest BCUT2D eigenvalue weighted by Gasteiger charge is 2.42. The molecule has 0 spiro atoms. The Kier molecular flexibility index (Phi) is 3.38. The fourth-order valence-electron chi connectivity index (χ4n) is 3.72. The third-order valence-electron chi connectivity index (χ3n) is 5.47. The number of rotatable bonds is 3. The molecular formula is C21H18BrN3O. The standard InChI is InChI=1S/C21H18BrN3O/c1-21(10-11-21)25-18-9-5-4-8-17(18)24(20(25)26)13-16-19(22)15-7-3-2-6-14(15)12-23-16/h2-9,12H,10-11,13H2,1H3. The highest BCUT2D eigenvalue weighted by atomic mass is 79.9. The molecule has 2 aromatic carbocycles. The zero-order chi connectivity index (χ0) is 17.9. The van der Waals surface area contributed by atoms with Crippen molar-refractivity contribution in [1.29, 1.82) is 0 Å². The molecule has 0 bridgehead atoms. The fraction of sp³-hybridized carbons (Fsp3) is 0.238. The Morgan fingerprint density at radius 2 is 1.77 bits per heavy atom. The number of fused-ring (bicyclic) bond motifs is 2. The Morgan fingerprint density at radius 1 is 1.08 bits per heavy atom. The molecule has 0 atom stereocenters. The second-order valence-electron chi connectivity index (χ2n) is 7.30. The van der Waals surface area contributed by atoms with E-state index in [1.165, 1.54) is 0 Å². The van der Waals surface area contributed by atoms with Gasteiger partial charge in [0.1, 0.15) is 0 Å². The summed E-state index contributed by atoms with van der Waals surface area (Å²) in [7, 11) is 0. The van der Waals surface area contributed by atoms with Crippen molar-refractivity contribution in [3.63, 3.8) is 0 Å². The molecule has 5 rings (SSSR count). The summed E-state index contributed by atoms with van der Waals surface area (Å²) >= 11 is 3.70. The van der Waals surface area contributed by atoms with Gasteiger partial charge in [0, 0.05) is 21.6 Å². The Labute approximate surface area is 159 Å². The molecule has 1 fully saturated rings. The third kappa shape index (κ3) is 2.27. The van der Waals surface area contributed by atoms with Gasteiger partial charge in [-0.25, -0.2) is 4.79 Å². The first-order valence-electron chi connectivity index (χ1n) is 8.81. The zero-order valence-electron chi connectivity index (χ0n) is 14.4. The molecule has 26 heavy (non-hydrogen) atoms. The quantitative estimate of drug-likeness (QED) is 0.494. The summed E-state index contributed by atoms with van der Waals surface area (Å²) in [6, 6.07) is 16.2. The average molecular weight is 408 g/mol. The molecule has 130 valence electrons. The largest absolute Gasteiger partial charge is 0.329 e. The monoisotopic (exact) mass is 407 g/mol. The van der Waals surface area contributed by atoms with E-state index in [0.29, 0.717) is 6.54 Å². The van der Waals surface area contributed by atoms with Gasteiger partial charge in [-0.05, 0) is 53.2 Å². The van der Waals surface area contributed by atoms with Gasteiger partial charge in [0.25, 0.3) is 0 Å². The lowest BCUT2D eigenvalue weighted by Crippen LogP contribution is -2.30. The van der Waals surface area contributed by atoms with Crippen LogP contribution in [0.2, 0.25) is 0 Å². The SMILES string of the molecule is CC1(n2c(=O)n(Cc3ncc4ccccc4c3Br)c3ccccc32)CC1. The van der Waals surface area contributed by atoms with Crippen LogP contribution in [-0.4, -0.2) is 14.1 Å². The first-order chi connectivity index (χ1) is 12.6. The van der Waals surface area contributed by atoms with E-state index >= 15 is 0 Å². The van der Waals surface area contributed by atoms with E-state index in [2.05, 4.69) is 33.9 Å². The maximum atomic E-state index is 13.2. The molecule has 4 aromatic rings. The van der Waals surface area contributed by atoms with Crippen LogP contribution in [-0.2, 0) is 12.1 Å². The Morgan fingerprint density at radius 3 is 2.54 bits per heavy atom. The van der Waals surface area contributed by atoms with E-state index in [-0.39, 0.29) is 11.2 Å². The normalized spacial score (nSPS) is 15.6. The minimum Gasteiger partial charge on any atom is -0.286 e. The van der Waals surface area contributed by atoms with E-state index in [1.807, 2.05) is 57.8 Å². The smallest absolute Gasteiger partial charge is 0.286 e. The summed E-state index contributed by atoms with van der Waals surface area (Å²) in [4.78, 5) is 17.9. The van der Waals surface area contributed by atoms with Gasteiger partial charge in [0.2, 0.25) is 0 Å². The predicted octanol–water partition coefficient (Wildman–Crippen LogP) is 4.67. The van der Waals surface area contributed by atoms with Crippen molar-refractivity contribution in [1.82, 2.24) is 14.1 Å². The molecule has 0 N–H and O–H groups in total. The van der Waals surface area contributed by atoms with Crippen molar-refractivity contribution in [2.24, 2.45) is 0 Å². The molecule has 0 aliphatic heterocycles. The van der Waals surface area contributed by atoms with Gasteiger partial charge in [-0.3, -0.25) is 14.1 Å². The van der Waals surface area contributed by atoms with E-state index < -0.39 is 0 Å². The van der Waals surface area contributed by atoms with Crippen molar-refractivity contribution < 1.29 is 0 Å². The number of para-hydroxylation sites is 2. The molecule has 1 saturated carbocycles. The van der Waals surface area contributed by atoms with Crippen molar-refractivity contribution in [3.05, 3.63) is 75.4 Å². The molecule has 0 unspecified atom stereocenters. The van der Waals surface area contributed by atoms with Crippen LogP contribution >= 0.6 is 15.9 Å². The molecule has 5 heteroatoms. The highest BCUT2D eigenvalue weighted by Crippen LogP contribution is 2.43. The van der Waals surface area contributed by atoms with Gasteiger partial charge < -0.3 is 0 Å². The van der Waals surface area contributed by atoms with Crippen LogP contribution in [0.15, 0.2) is 64.0 Å². The molecule has 1 aliphatic carbocycles. The lowest BCUT2D eigenvalue weighted by atomic mass is 10.1. The Bertz CT molecular complexity index is 1220. The van der Waals surface area contributed by atoms with Crippen LogP contribution in [0.4, 0.5) is 0 Å². The van der Waals surface area contributed by atoms with Gasteiger partial charge in [-0.1, -0.05) is 36.4 Å². The van der Waals surface area contributed by atoms with Crippen LogP contribution in [0.1, 0.15) is 25.5 Å². The Balaban J connectivity index is 1.71. The van der Waals surface area contributed by atoms with Crippen LogP contribution in [0.5, 0.6) is 0 Å². The van der Waals surface area contributed by atoms with Crippen molar-refractivity contribution in [2.45, 2.75) is 31.8 Å². The number of nitrogens with zero attached hydrogens (tertiary/aromatic N) is 3. The van der Waals surface area contributed by atoms with E-state index in [0.717, 1.165) is 44.8 Å². The summed E-state index contributed by atoms with van der Waals surface area (Å²) in [5, 5.41) is 2.20. The third-order valence-corrected chi connectivity index (χ3v) is 6.35. The second kappa shape index (κ2) is 5.55. The summed E-state index contributed by atoms with van der Waals surface area (Å²) in [6.45, 7) is 2.61. The minimum absolute atomic E-state index is 0.0457. The van der Waals surface area contributed by atoms with Crippen LogP contribution in [0.3, 0.4) is 0 Å². The summed E-state index contributed by atoms with van der Waals surface area (Å²) in [6.07, 6.45) is 3.99. The van der Waals surface area contributed by atoms with Crippen LogP contribution < -0.4 is 5.69 Å². The maximum Gasteiger partial charge on any atom is 0.329 e. The maximum absolute atomic E-state index is 13.2. The lowest BCUT2D eigenvalue weighted by molar-refractivity contribution is 0.515.